The minimum Gasteiger partial charge on any atom is -0.493 e. The quantitative estimate of drug-likeness (QED) is 0.277. The van der Waals surface area contributed by atoms with E-state index >= 15 is 0 Å². The molecule has 0 unspecified atom stereocenters. The van der Waals surface area contributed by atoms with Crippen LogP contribution in [0.4, 0.5) is 10.1 Å². The van der Waals surface area contributed by atoms with Crippen molar-refractivity contribution < 1.29 is 31.9 Å². The second-order valence-electron chi connectivity index (χ2n) is 10.7. The molecule has 236 valence electrons. The van der Waals surface area contributed by atoms with Gasteiger partial charge < -0.3 is 19.7 Å². The fourth-order valence-electron chi connectivity index (χ4n) is 5.22. The summed E-state index contributed by atoms with van der Waals surface area (Å²) in [6.45, 7) is 0.960. The summed E-state index contributed by atoms with van der Waals surface area (Å²) in [5.74, 6) is -1.04. The van der Waals surface area contributed by atoms with Crippen LogP contribution >= 0.6 is 11.6 Å². The van der Waals surface area contributed by atoms with Gasteiger partial charge in [-0.1, -0.05) is 43.0 Å². The lowest BCUT2D eigenvalue weighted by molar-refractivity contribution is -0.139. The Morgan fingerprint density at radius 2 is 1.66 bits per heavy atom. The molecule has 0 bridgehead atoms. The van der Waals surface area contributed by atoms with Crippen molar-refractivity contribution in [3.63, 3.8) is 0 Å². The van der Waals surface area contributed by atoms with Crippen LogP contribution in [0, 0.1) is 5.82 Å². The van der Waals surface area contributed by atoms with Gasteiger partial charge >= 0.3 is 0 Å². The van der Waals surface area contributed by atoms with E-state index in [1.165, 1.54) is 49.5 Å². The molecule has 9 nitrogen and oxygen atoms in total. The Kier molecular flexibility index (Phi) is 11.1. The highest BCUT2D eigenvalue weighted by Gasteiger charge is 2.33. The van der Waals surface area contributed by atoms with Gasteiger partial charge in [0, 0.05) is 23.7 Å². The number of benzene rings is 3. The summed E-state index contributed by atoms with van der Waals surface area (Å²) in [5, 5.41) is 3.52. The number of anilines is 1. The van der Waals surface area contributed by atoms with Crippen LogP contribution in [0.15, 0.2) is 71.6 Å². The average Bonchev–Trinajstić information content (AvgIpc) is 3.02. The SMILES string of the molecule is COc1ccc(S(=O)(=O)N(CC(=O)N(Cc2cccc(Cl)c2)[C@H](C)C(=O)NC2CCCCC2)c2ccc(F)cc2)cc1OC. The fraction of sp³-hybridized carbons (Fsp3) is 0.375. The Hall–Kier alpha value is -3.83. The van der Waals surface area contributed by atoms with E-state index in [9.17, 15) is 22.4 Å². The van der Waals surface area contributed by atoms with E-state index in [4.69, 9.17) is 21.1 Å². The fourth-order valence-corrected chi connectivity index (χ4v) is 6.87. The summed E-state index contributed by atoms with van der Waals surface area (Å²) in [6.07, 6.45) is 4.89. The molecule has 0 radical (unpaired) electrons. The number of carbonyl (C=O) groups excluding carboxylic acids is 2. The molecule has 0 aromatic heterocycles. The second-order valence-corrected chi connectivity index (χ2v) is 13.0. The van der Waals surface area contributed by atoms with Gasteiger partial charge in [-0.15, -0.1) is 0 Å². The molecule has 1 aliphatic carbocycles. The van der Waals surface area contributed by atoms with E-state index in [0.29, 0.717) is 16.3 Å². The number of carbonyl (C=O) groups is 2. The van der Waals surface area contributed by atoms with Crippen molar-refractivity contribution in [3.05, 3.63) is 83.1 Å². The van der Waals surface area contributed by atoms with Crippen molar-refractivity contribution in [1.82, 2.24) is 10.2 Å². The van der Waals surface area contributed by atoms with Crippen LogP contribution in [0.5, 0.6) is 11.5 Å². The van der Waals surface area contributed by atoms with E-state index in [-0.39, 0.29) is 34.8 Å². The third-order valence-corrected chi connectivity index (χ3v) is 9.70. The summed E-state index contributed by atoms with van der Waals surface area (Å²) in [5.41, 5.74) is 0.732. The third kappa shape index (κ3) is 8.00. The van der Waals surface area contributed by atoms with Crippen molar-refractivity contribution in [2.75, 3.05) is 25.1 Å². The van der Waals surface area contributed by atoms with Crippen LogP contribution < -0.4 is 19.1 Å². The number of nitrogens with zero attached hydrogens (tertiary/aromatic N) is 2. The minimum absolute atomic E-state index is 0.00626. The summed E-state index contributed by atoms with van der Waals surface area (Å²) >= 11 is 6.21. The smallest absolute Gasteiger partial charge is 0.264 e. The van der Waals surface area contributed by atoms with E-state index in [1.54, 1.807) is 31.2 Å². The number of hydrogen-bond donors (Lipinski definition) is 1. The molecular formula is C32H37ClFN3O6S. The average molecular weight is 646 g/mol. The van der Waals surface area contributed by atoms with E-state index in [2.05, 4.69) is 5.32 Å². The zero-order valence-corrected chi connectivity index (χ0v) is 26.5. The maximum atomic E-state index is 14.1. The van der Waals surface area contributed by atoms with Crippen molar-refractivity contribution in [2.45, 2.75) is 62.6 Å². The van der Waals surface area contributed by atoms with Crippen LogP contribution in [0.3, 0.4) is 0 Å². The highest BCUT2D eigenvalue weighted by atomic mass is 35.5. The molecule has 3 aromatic carbocycles. The molecule has 1 aliphatic rings. The first-order valence-electron chi connectivity index (χ1n) is 14.4. The Labute approximate surface area is 262 Å². The van der Waals surface area contributed by atoms with Gasteiger partial charge in [-0.25, -0.2) is 12.8 Å². The molecule has 1 atom stereocenters. The molecule has 1 N–H and O–H groups in total. The number of ether oxygens (including phenoxy) is 2. The van der Waals surface area contributed by atoms with Gasteiger partial charge in [0.25, 0.3) is 10.0 Å². The molecule has 4 rings (SSSR count). The Morgan fingerprint density at radius 1 is 0.977 bits per heavy atom. The third-order valence-electron chi connectivity index (χ3n) is 7.70. The van der Waals surface area contributed by atoms with Crippen molar-refractivity contribution >= 4 is 39.1 Å². The molecule has 1 saturated carbocycles. The number of methoxy groups -OCH3 is 2. The van der Waals surface area contributed by atoms with Crippen LogP contribution in [-0.4, -0.2) is 58.0 Å². The molecule has 12 heteroatoms. The number of rotatable bonds is 12. The Bertz CT molecular complexity index is 1560. The largest absolute Gasteiger partial charge is 0.493 e. The standard InChI is InChI=1S/C32H37ClFN3O6S/c1-22(32(39)35-26-10-5-4-6-11-26)36(20-23-8-7-9-24(33)18-23)31(38)21-37(27-14-12-25(34)13-15-27)44(40,41)28-16-17-29(42-2)30(19-28)43-3/h7-9,12-19,22,26H,4-6,10-11,20-21H2,1-3H3,(H,35,39)/t22-/m1/s1. The maximum absolute atomic E-state index is 14.1. The summed E-state index contributed by atoms with van der Waals surface area (Å²) in [4.78, 5) is 28.7. The molecule has 3 aromatic rings. The molecule has 0 aliphatic heterocycles. The van der Waals surface area contributed by atoms with E-state index in [1.807, 2.05) is 0 Å². The van der Waals surface area contributed by atoms with Crippen LogP contribution in [0.2, 0.25) is 5.02 Å². The first kappa shape index (κ1) is 33.1. The topological polar surface area (TPSA) is 105 Å². The van der Waals surface area contributed by atoms with Gasteiger partial charge in [0.15, 0.2) is 11.5 Å². The lowest BCUT2D eigenvalue weighted by atomic mass is 9.95. The van der Waals surface area contributed by atoms with E-state index in [0.717, 1.165) is 48.5 Å². The second kappa shape index (κ2) is 14.8. The van der Waals surface area contributed by atoms with Crippen molar-refractivity contribution in [2.24, 2.45) is 0 Å². The summed E-state index contributed by atoms with van der Waals surface area (Å²) < 4.78 is 53.5. The molecule has 44 heavy (non-hydrogen) atoms. The molecule has 0 saturated heterocycles. The maximum Gasteiger partial charge on any atom is 0.264 e. The van der Waals surface area contributed by atoms with Gasteiger partial charge in [-0.05, 0) is 73.9 Å². The monoisotopic (exact) mass is 645 g/mol. The van der Waals surface area contributed by atoms with Gasteiger partial charge in [-0.2, -0.15) is 0 Å². The number of amides is 2. The van der Waals surface area contributed by atoms with Crippen LogP contribution in [-0.2, 0) is 26.2 Å². The predicted octanol–water partition coefficient (Wildman–Crippen LogP) is 5.56. The normalized spacial score (nSPS) is 14.4. The molecule has 2 amide bonds. The van der Waals surface area contributed by atoms with Gasteiger partial charge in [0.05, 0.1) is 24.8 Å². The molecular weight excluding hydrogens is 609 g/mol. The summed E-state index contributed by atoms with van der Waals surface area (Å²) in [7, 11) is -1.59. The Balaban J connectivity index is 1.70. The molecule has 0 spiro atoms. The zero-order valence-electron chi connectivity index (χ0n) is 25.0. The first-order valence-corrected chi connectivity index (χ1v) is 16.2. The lowest BCUT2D eigenvalue weighted by Gasteiger charge is -2.33. The number of sulfonamides is 1. The van der Waals surface area contributed by atoms with Gasteiger partial charge in [-0.3, -0.25) is 13.9 Å². The number of hydrogen-bond acceptors (Lipinski definition) is 6. The van der Waals surface area contributed by atoms with Crippen molar-refractivity contribution in [3.8, 4) is 11.5 Å². The zero-order chi connectivity index (χ0) is 31.9. The highest BCUT2D eigenvalue weighted by molar-refractivity contribution is 7.92. The van der Waals surface area contributed by atoms with Crippen LogP contribution in [0.25, 0.3) is 0 Å². The number of nitrogens with one attached hydrogen (secondary N) is 1. The van der Waals surface area contributed by atoms with Gasteiger partial charge in [0.2, 0.25) is 11.8 Å². The molecule has 1 fully saturated rings. The Morgan fingerprint density at radius 3 is 2.30 bits per heavy atom. The molecule has 0 heterocycles. The predicted molar refractivity (Wildman–Crippen MR) is 167 cm³/mol. The van der Waals surface area contributed by atoms with Crippen molar-refractivity contribution in [1.29, 1.82) is 0 Å². The first-order chi connectivity index (χ1) is 21.0. The summed E-state index contributed by atoms with van der Waals surface area (Å²) in [6, 6.07) is 14.8. The number of halogens is 2. The minimum atomic E-state index is -4.40. The highest BCUT2D eigenvalue weighted by Crippen LogP contribution is 2.32. The van der Waals surface area contributed by atoms with E-state index < -0.39 is 34.3 Å². The van der Waals surface area contributed by atoms with Crippen LogP contribution in [0.1, 0.15) is 44.6 Å². The lowest BCUT2D eigenvalue weighted by Crippen LogP contribution is -2.53. The van der Waals surface area contributed by atoms with Gasteiger partial charge in [0.1, 0.15) is 18.4 Å².